The Hall–Kier alpha value is -0.110. The van der Waals surface area contributed by atoms with Crippen LogP contribution in [0.4, 0.5) is 4.39 Å². The second-order valence-electron chi connectivity index (χ2n) is 5.13. The number of hydrogen-bond donors (Lipinski definition) is 1. The molecule has 0 aromatic rings. The second-order valence-corrected chi connectivity index (χ2v) is 5.13. The number of nitrogens with two attached hydrogens (primary N) is 1. The van der Waals surface area contributed by atoms with E-state index in [2.05, 4.69) is 13.8 Å². The van der Waals surface area contributed by atoms with Gasteiger partial charge in [-0.2, -0.15) is 0 Å². The molecule has 0 saturated heterocycles. The van der Waals surface area contributed by atoms with Crippen LogP contribution in [-0.4, -0.2) is 11.7 Å². The van der Waals surface area contributed by atoms with Crippen LogP contribution in [0.5, 0.6) is 0 Å². The molecule has 0 radical (unpaired) electrons. The van der Waals surface area contributed by atoms with Gasteiger partial charge in [-0.05, 0) is 44.4 Å². The monoisotopic (exact) mass is 187 g/mol. The minimum atomic E-state index is -0.705. The van der Waals surface area contributed by atoms with Gasteiger partial charge in [0.05, 0.1) is 0 Å². The van der Waals surface area contributed by atoms with Crippen LogP contribution < -0.4 is 5.73 Å². The predicted molar refractivity (Wildman–Crippen MR) is 54.3 cm³/mol. The van der Waals surface area contributed by atoms with E-state index >= 15 is 0 Å². The summed E-state index contributed by atoms with van der Waals surface area (Å²) >= 11 is 0. The summed E-state index contributed by atoms with van der Waals surface area (Å²) in [7, 11) is 0. The van der Waals surface area contributed by atoms with Crippen molar-refractivity contribution in [2.24, 2.45) is 17.6 Å². The number of hydrogen-bond acceptors (Lipinski definition) is 1. The van der Waals surface area contributed by atoms with Crippen molar-refractivity contribution in [3.8, 4) is 0 Å². The number of alkyl halides is 1. The van der Waals surface area contributed by atoms with Crippen molar-refractivity contribution in [1.82, 2.24) is 0 Å². The van der Waals surface area contributed by atoms with Gasteiger partial charge in [0.25, 0.3) is 0 Å². The van der Waals surface area contributed by atoms with Crippen LogP contribution >= 0.6 is 0 Å². The van der Waals surface area contributed by atoms with E-state index in [0.29, 0.717) is 5.92 Å². The normalized spacial score (nSPS) is 24.5. The van der Waals surface area contributed by atoms with Gasteiger partial charge in [0.1, 0.15) is 6.17 Å². The van der Waals surface area contributed by atoms with Crippen LogP contribution in [0.25, 0.3) is 0 Å². The summed E-state index contributed by atoms with van der Waals surface area (Å²) in [5, 5.41) is 0. The molecule has 2 N–H and O–H groups in total. The zero-order chi connectivity index (χ0) is 10.1. The molecule has 2 heteroatoms. The van der Waals surface area contributed by atoms with Gasteiger partial charge in [-0.1, -0.05) is 13.8 Å². The summed E-state index contributed by atoms with van der Waals surface area (Å²) in [5.41, 5.74) is 5.99. The maximum Gasteiger partial charge on any atom is 0.100 e. The molecule has 0 amide bonds. The van der Waals surface area contributed by atoms with Crippen LogP contribution in [-0.2, 0) is 0 Å². The van der Waals surface area contributed by atoms with Crippen molar-refractivity contribution in [2.75, 3.05) is 0 Å². The minimum Gasteiger partial charge on any atom is -0.325 e. The van der Waals surface area contributed by atoms with E-state index in [0.717, 1.165) is 25.7 Å². The Kier molecular flexibility index (Phi) is 3.33. The lowest BCUT2D eigenvalue weighted by atomic mass is 9.87. The van der Waals surface area contributed by atoms with Gasteiger partial charge in [-0.15, -0.1) is 0 Å². The van der Waals surface area contributed by atoms with Crippen molar-refractivity contribution in [3.05, 3.63) is 0 Å². The van der Waals surface area contributed by atoms with E-state index in [-0.39, 0.29) is 11.5 Å². The molecule has 1 saturated carbocycles. The molecule has 0 aromatic carbocycles. The second kappa shape index (κ2) is 3.95. The lowest BCUT2D eigenvalue weighted by molar-refractivity contribution is 0.195. The molecule has 1 fully saturated rings. The molecule has 0 heterocycles. The first-order valence-corrected chi connectivity index (χ1v) is 5.36. The quantitative estimate of drug-likeness (QED) is 0.703. The number of rotatable bonds is 5. The van der Waals surface area contributed by atoms with Crippen molar-refractivity contribution < 1.29 is 4.39 Å². The molecule has 0 aliphatic heterocycles. The molecule has 0 spiro atoms. The van der Waals surface area contributed by atoms with E-state index in [1.54, 1.807) is 6.92 Å². The SMILES string of the molecule is CC(C)CC(CC1(N)CC1)C(C)F. The van der Waals surface area contributed by atoms with Gasteiger partial charge >= 0.3 is 0 Å². The smallest absolute Gasteiger partial charge is 0.100 e. The summed E-state index contributed by atoms with van der Waals surface area (Å²) in [5.74, 6) is 0.748. The first kappa shape index (κ1) is 11.0. The van der Waals surface area contributed by atoms with Crippen molar-refractivity contribution in [1.29, 1.82) is 0 Å². The summed E-state index contributed by atoms with van der Waals surface area (Å²) in [4.78, 5) is 0. The lowest BCUT2D eigenvalue weighted by Crippen LogP contribution is -2.29. The van der Waals surface area contributed by atoms with E-state index in [4.69, 9.17) is 5.73 Å². The highest BCUT2D eigenvalue weighted by Crippen LogP contribution is 2.40. The fraction of sp³-hybridized carbons (Fsp3) is 1.00. The van der Waals surface area contributed by atoms with E-state index in [9.17, 15) is 4.39 Å². The van der Waals surface area contributed by atoms with Crippen molar-refractivity contribution >= 4 is 0 Å². The molecule has 2 atom stereocenters. The third-order valence-electron chi connectivity index (χ3n) is 2.98. The average molecular weight is 187 g/mol. The topological polar surface area (TPSA) is 26.0 Å². The van der Waals surface area contributed by atoms with Gasteiger partial charge in [0.15, 0.2) is 0 Å². The van der Waals surface area contributed by atoms with E-state index in [1.165, 1.54) is 0 Å². The van der Waals surface area contributed by atoms with Gasteiger partial charge in [-0.25, -0.2) is 4.39 Å². The molecule has 1 aliphatic carbocycles. The summed E-state index contributed by atoms with van der Waals surface area (Å²) in [6, 6.07) is 0. The van der Waals surface area contributed by atoms with Gasteiger partial charge in [0.2, 0.25) is 0 Å². The van der Waals surface area contributed by atoms with Gasteiger partial charge < -0.3 is 5.73 Å². The molecule has 78 valence electrons. The zero-order valence-electron chi connectivity index (χ0n) is 9.02. The van der Waals surface area contributed by atoms with Crippen LogP contribution in [0.15, 0.2) is 0 Å². The molecule has 1 rings (SSSR count). The summed E-state index contributed by atoms with van der Waals surface area (Å²) in [6.45, 7) is 5.95. The highest BCUT2D eigenvalue weighted by atomic mass is 19.1. The predicted octanol–water partition coefficient (Wildman–Crippen LogP) is 2.89. The van der Waals surface area contributed by atoms with Crippen LogP contribution in [0.3, 0.4) is 0 Å². The minimum absolute atomic E-state index is 0.0000926. The first-order valence-electron chi connectivity index (χ1n) is 5.36. The average Bonchev–Trinajstić information content (AvgIpc) is 2.65. The maximum absolute atomic E-state index is 13.2. The summed E-state index contributed by atoms with van der Waals surface area (Å²) < 4.78 is 13.2. The van der Waals surface area contributed by atoms with Crippen LogP contribution in [0.1, 0.15) is 46.5 Å². The molecule has 0 bridgehead atoms. The Balaban J connectivity index is 2.38. The van der Waals surface area contributed by atoms with Gasteiger partial charge in [-0.3, -0.25) is 0 Å². The Morgan fingerprint density at radius 2 is 1.85 bits per heavy atom. The van der Waals surface area contributed by atoms with Crippen molar-refractivity contribution in [3.63, 3.8) is 0 Å². The Bertz CT molecular complexity index is 161. The highest BCUT2D eigenvalue weighted by molar-refractivity contribution is 5.00. The Morgan fingerprint density at radius 3 is 2.15 bits per heavy atom. The van der Waals surface area contributed by atoms with E-state index < -0.39 is 6.17 Å². The molecule has 2 unspecified atom stereocenters. The number of halogens is 1. The fourth-order valence-corrected chi connectivity index (χ4v) is 1.93. The molecule has 1 nitrogen and oxygen atoms in total. The lowest BCUT2D eigenvalue weighted by Gasteiger charge is -2.23. The van der Waals surface area contributed by atoms with Crippen LogP contribution in [0, 0.1) is 11.8 Å². The standard InChI is InChI=1S/C11H22FN/c1-8(2)6-10(9(3)12)7-11(13)4-5-11/h8-10H,4-7,13H2,1-3H3. The third-order valence-corrected chi connectivity index (χ3v) is 2.98. The molecular weight excluding hydrogens is 165 g/mol. The van der Waals surface area contributed by atoms with Crippen LogP contribution in [0.2, 0.25) is 0 Å². The largest absolute Gasteiger partial charge is 0.325 e. The molecule has 1 aliphatic rings. The highest BCUT2D eigenvalue weighted by Gasteiger charge is 2.41. The fourth-order valence-electron chi connectivity index (χ4n) is 1.93. The van der Waals surface area contributed by atoms with E-state index in [1.807, 2.05) is 0 Å². The first-order chi connectivity index (χ1) is 5.93. The molecular formula is C11H22FN. The zero-order valence-corrected chi connectivity index (χ0v) is 9.02. The van der Waals surface area contributed by atoms with Gasteiger partial charge in [0, 0.05) is 5.54 Å². The van der Waals surface area contributed by atoms with Crippen molar-refractivity contribution in [2.45, 2.75) is 58.2 Å². The summed E-state index contributed by atoms with van der Waals surface area (Å²) in [6.07, 6.45) is 3.32. The Labute approximate surface area is 80.9 Å². The molecule has 0 aromatic heterocycles. The third kappa shape index (κ3) is 3.63. The molecule has 13 heavy (non-hydrogen) atoms. The maximum atomic E-state index is 13.2. The Morgan fingerprint density at radius 1 is 1.31 bits per heavy atom.